The van der Waals surface area contributed by atoms with Gasteiger partial charge in [-0.15, -0.1) is 0 Å². The fourth-order valence-corrected chi connectivity index (χ4v) is 2.97. The fraction of sp³-hybridized carbons (Fsp3) is 0.316. The summed E-state index contributed by atoms with van der Waals surface area (Å²) in [5.41, 5.74) is 3.23. The van der Waals surface area contributed by atoms with Gasteiger partial charge in [0.15, 0.2) is 0 Å². The van der Waals surface area contributed by atoms with E-state index in [0.717, 1.165) is 42.9 Å². The molecule has 5 heteroatoms. The Kier molecular flexibility index (Phi) is 5.88. The maximum absolute atomic E-state index is 12.0. The molecule has 1 N–H and O–H groups in total. The van der Waals surface area contributed by atoms with Crippen LogP contribution in [0.1, 0.15) is 12.0 Å². The Balaban J connectivity index is 1.49. The van der Waals surface area contributed by atoms with E-state index in [1.807, 2.05) is 24.3 Å². The number of aryl methyl sites for hydroxylation is 1. The second-order valence-electron chi connectivity index (χ2n) is 5.82. The first-order chi connectivity index (χ1) is 11.7. The molecule has 0 radical (unpaired) electrons. The van der Waals surface area contributed by atoms with E-state index in [4.69, 9.17) is 4.74 Å². The predicted molar refractivity (Wildman–Crippen MR) is 101 cm³/mol. The van der Waals surface area contributed by atoms with Crippen LogP contribution in [0.3, 0.4) is 0 Å². The lowest BCUT2D eigenvalue weighted by atomic mass is 10.1. The molecule has 0 bridgehead atoms. The van der Waals surface area contributed by atoms with Gasteiger partial charge in [0.1, 0.15) is 0 Å². The minimum atomic E-state index is 0.0366. The van der Waals surface area contributed by atoms with Crippen LogP contribution < -0.4 is 10.2 Å². The Morgan fingerprint density at radius 3 is 2.38 bits per heavy atom. The van der Waals surface area contributed by atoms with Gasteiger partial charge in [0.2, 0.25) is 5.91 Å². The number of nitrogens with one attached hydrogen (secondary N) is 1. The molecule has 0 aliphatic carbocycles. The van der Waals surface area contributed by atoms with Gasteiger partial charge in [0.25, 0.3) is 0 Å². The lowest BCUT2D eigenvalue weighted by Crippen LogP contribution is -2.36. The number of halogens is 1. The Labute approximate surface area is 150 Å². The summed E-state index contributed by atoms with van der Waals surface area (Å²) in [4.78, 5) is 14.4. The number of carbonyl (C=O) groups is 1. The van der Waals surface area contributed by atoms with Crippen LogP contribution in [0.25, 0.3) is 0 Å². The van der Waals surface area contributed by atoms with Gasteiger partial charge in [-0.05, 0) is 48.4 Å². The monoisotopic (exact) mass is 388 g/mol. The largest absolute Gasteiger partial charge is 0.378 e. The lowest BCUT2D eigenvalue weighted by Gasteiger charge is -2.28. The van der Waals surface area contributed by atoms with Crippen LogP contribution in [0.15, 0.2) is 53.0 Å². The summed E-state index contributed by atoms with van der Waals surface area (Å²) < 4.78 is 6.38. The van der Waals surface area contributed by atoms with E-state index < -0.39 is 0 Å². The summed E-state index contributed by atoms with van der Waals surface area (Å²) >= 11 is 3.38. The molecule has 4 nitrogen and oxygen atoms in total. The summed E-state index contributed by atoms with van der Waals surface area (Å²) in [6.07, 6.45) is 1.22. The van der Waals surface area contributed by atoms with Gasteiger partial charge < -0.3 is 15.0 Å². The van der Waals surface area contributed by atoms with Crippen LogP contribution in [0.5, 0.6) is 0 Å². The average Bonchev–Trinajstić information content (AvgIpc) is 2.63. The SMILES string of the molecule is O=C(CCc1ccc(N2CCOCC2)cc1)Nc1ccc(Br)cc1. The van der Waals surface area contributed by atoms with Crippen molar-refractivity contribution in [1.29, 1.82) is 0 Å². The van der Waals surface area contributed by atoms with Crippen molar-refractivity contribution in [1.82, 2.24) is 0 Å². The molecular formula is C19H21BrN2O2. The molecular weight excluding hydrogens is 368 g/mol. The first-order valence-electron chi connectivity index (χ1n) is 8.18. The summed E-state index contributed by atoms with van der Waals surface area (Å²) in [6, 6.07) is 16.1. The van der Waals surface area contributed by atoms with Crippen LogP contribution in [-0.4, -0.2) is 32.2 Å². The number of amides is 1. The first kappa shape index (κ1) is 17.0. The smallest absolute Gasteiger partial charge is 0.224 e. The second kappa shape index (κ2) is 8.31. The van der Waals surface area contributed by atoms with Crippen molar-refractivity contribution < 1.29 is 9.53 Å². The molecule has 0 unspecified atom stereocenters. The third-order valence-electron chi connectivity index (χ3n) is 4.08. The summed E-state index contributed by atoms with van der Waals surface area (Å²) in [6.45, 7) is 3.46. The molecule has 0 aromatic heterocycles. The Bertz CT molecular complexity index is 665. The van der Waals surface area contributed by atoms with Crippen LogP contribution in [-0.2, 0) is 16.0 Å². The number of ether oxygens (including phenoxy) is 1. The van der Waals surface area contributed by atoms with Crippen LogP contribution in [0, 0.1) is 0 Å². The van der Waals surface area contributed by atoms with Gasteiger partial charge in [0, 0.05) is 35.4 Å². The Hall–Kier alpha value is -1.85. The van der Waals surface area contributed by atoms with Crippen LogP contribution >= 0.6 is 15.9 Å². The van der Waals surface area contributed by atoms with Crippen molar-refractivity contribution >= 4 is 33.2 Å². The van der Waals surface area contributed by atoms with E-state index in [1.54, 1.807) is 0 Å². The Morgan fingerprint density at radius 1 is 1.04 bits per heavy atom. The van der Waals surface area contributed by atoms with Gasteiger partial charge in [-0.3, -0.25) is 4.79 Å². The number of anilines is 2. The van der Waals surface area contributed by atoms with Gasteiger partial charge in [-0.1, -0.05) is 28.1 Å². The van der Waals surface area contributed by atoms with Crippen molar-refractivity contribution in [3.8, 4) is 0 Å². The lowest BCUT2D eigenvalue weighted by molar-refractivity contribution is -0.116. The van der Waals surface area contributed by atoms with E-state index >= 15 is 0 Å². The van der Waals surface area contributed by atoms with Gasteiger partial charge in [-0.25, -0.2) is 0 Å². The highest BCUT2D eigenvalue weighted by Crippen LogP contribution is 2.18. The number of rotatable bonds is 5. The standard InChI is InChI=1S/C19H21BrN2O2/c20-16-4-6-17(7-5-16)21-19(23)10-3-15-1-8-18(9-2-15)22-11-13-24-14-12-22/h1-2,4-9H,3,10-14H2,(H,21,23). The van der Waals surface area contributed by atoms with E-state index in [9.17, 15) is 4.79 Å². The number of hydrogen-bond donors (Lipinski definition) is 1. The summed E-state index contributed by atoms with van der Waals surface area (Å²) in [7, 11) is 0. The molecule has 1 fully saturated rings. The zero-order chi connectivity index (χ0) is 16.8. The molecule has 3 rings (SSSR count). The van der Waals surface area contributed by atoms with E-state index in [-0.39, 0.29) is 5.91 Å². The van der Waals surface area contributed by atoms with Crippen molar-refractivity contribution in [3.05, 3.63) is 58.6 Å². The number of hydrogen-bond acceptors (Lipinski definition) is 3. The second-order valence-corrected chi connectivity index (χ2v) is 6.74. The average molecular weight is 389 g/mol. The Morgan fingerprint density at radius 2 is 1.71 bits per heavy atom. The molecule has 24 heavy (non-hydrogen) atoms. The fourth-order valence-electron chi connectivity index (χ4n) is 2.71. The predicted octanol–water partition coefficient (Wildman–Crippen LogP) is 3.86. The molecule has 1 amide bonds. The highest BCUT2D eigenvalue weighted by atomic mass is 79.9. The molecule has 1 aliphatic heterocycles. The molecule has 0 atom stereocenters. The van der Waals surface area contributed by atoms with Crippen molar-refractivity contribution in [3.63, 3.8) is 0 Å². The number of benzene rings is 2. The first-order valence-corrected chi connectivity index (χ1v) is 8.97. The number of morpholine rings is 1. The van der Waals surface area contributed by atoms with Gasteiger partial charge in [-0.2, -0.15) is 0 Å². The summed E-state index contributed by atoms with van der Waals surface area (Å²) in [5.74, 6) is 0.0366. The molecule has 126 valence electrons. The zero-order valence-corrected chi connectivity index (χ0v) is 15.1. The number of nitrogens with zero attached hydrogens (tertiary/aromatic N) is 1. The summed E-state index contributed by atoms with van der Waals surface area (Å²) in [5, 5.41) is 2.92. The topological polar surface area (TPSA) is 41.6 Å². The highest BCUT2D eigenvalue weighted by molar-refractivity contribution is 9.10. The minimum absolute atomic E-state index is 0.0366. The van der Waals surface area contributed by atoms with E-state index in [0.29, 0.717) is 6.42 Å². The zero-order valence-electron chi connectivity index (χ0n) is 13.5. The van der Waals surface area contributed by atoms with Crippen LogP contribution in [0.4, 0.5) is 11.4 Å². The number of carbonyl (C=O) groups excluding carboxylic acids is 1. The maximum Gasteiger partial charge on any atom is 0.224 e. The third kappa shape index (κ3) is 4.82. The minimum Gasteiger partial charge on any atom is -0.378 e. The normalized spacial score (nSPS) is 14.5. The molecule has 2 aromatic rings. The van der Waals surface area contributed by atoms with Crippen LogP contribution in [0.2, 0.25) is 0 Å². The molecule has 0 spiro atoms. The van der Waals surface area contributed by atoms with Crippen molar-refractivity contribution in [2.45, 2.75) is 12.8 Å². The molecule has 1 saturated heterocycles. The van der Waals surface area contributed by atoms with Crippen molar-refractivity contribution in [2.24, 2.45) is 0 Å². The van der Waals surface area contributed by atoms with E-state index in [1.165, 1.54) is 11.3 Å². The van der Waals surface area contributed by atoms with E-state index in [2.05, 4.69) is 50.4 Å². The molecule has 1 heterocycles. The van der Waals surface area contributed by atoms with Gasteiger partial charge >= 0.3 is 0 Å². The van der Waals surface area contributed by atoms with Gasteiger partial charge in [0.05, 0.1) is 13.2 Å². The molecule has 1 aliphatic rings. The quantitative estimate of drug-likeness (QED) is 0.845. The molecule has 0 saturated carbocycles. The molecule has 2 aromatic carbocycles. The third-order valence-corrected chi connectivity index (χ3v) is 4.61. The highest BCUT2D eigenvalue weighted by Gasteiger charge is 2.11. The van der Waals surface area contributed by atoms with Crippen molar-refractivity contribution in [2.75, 3.05) is 36.5 Å². The maximum atomic E-state index is 12.0.